The highest BCUT2D eigenvalue weighted by atomic mass is 16.2. The number of nitrogens with one attached hydrogen (secondary N) is 1. The molecule has 4 heteroatoms. The molecule has 5 N–H and O–H groups in total. The average molecular weight is 257 g/mol. The van der Waals surface area contributed by atoms with Gasteiger partial charge in [-0.05, 0) is 19.3 Å². The van der Waals surface area contributed by atoms with Crippen LogP contribution in [0.1, 0.15) is 71.1 Å². The number of primary amides is 1. The van der Waals surface area contributed by atoms with Gasteiger partial charge in [-0.15, -0.1) is 0 Å². The summed E-state index contributed by atoms with van der Waals surface area (Å²) in [6.45, 7) is 2.88. The minimum Gasteiger partial charge on any atom is -0.352 e. The summed E-state index contributed by atoms with van der Waals surface area (Å²) in [6, 6.07) is -0.175. The Morgan fingerprint density at radius 2 is 1.56 bits per heavy atom. The fourth-order valence-electron chi connectivity index (χ4n) is 2.08. The first-order valence-electron chi connectivity index (χ1n) is 7.45. The molecule has 0 spiro atoms. The third-order valence-electron chi connectivity index (χ3n) is 3.23. The van der Waals surface area contributed by atoms with E-state index in [1.165, 1.54) is 44.9 Å². The van der Waals surface area contributed by atoms with Gasteiger partial charge >= 0.3 is 6.03 Å². The normalized spacial score (nSPS) is 12.3. The maximum Gasteiger partial charge on any atom is 0.312 e. The van der Waals surface area contributed by atoms with Crippen LogP contribution in [0.3, 0.4) is 0 Å². The number of carbonyl (C=O) groups excluding carboxylic acids is 1. The summed E-state index contributed by atoms with van der Waals surface area (Å²) >= 11 is 0. The summed E-state index contributed by atoms with van der Waals surface area (Å²) in [5, 5.41) is 2.58. The number of carbonyl (C=O) groups is 1. The van der Waals surface area contributed by atoms with Gasteiger partial charge < -0.3 is 16.8 Å². The quantitative estimate of drug-likeness (QED) is 0.470. The van der Waals surface area contributed by atoms with E-state index in [-0.39, 0.29) is 6.04 Å². The maximum atomic E-state index is 10.4. The van der Waals surface area contributed by atoms with Crippen molar-refractivity contribution in [3.63, 3.8) is 0 Å². The fourth-order valence-corrected chi connectivity index (χ4v) is 2.08. The predicted molar refractivity (Wildman–Crippen MR) is 77.4 cm³/mol. The molecule has 0 aromatic rings. The summed E-state index contributed by atoms with van der Waals surface area (Å²) < 4.78 is 0. The van der Waals surface area contributed by atoms with Crippen LogP contribution in [-0.2, 0) is 0 Å². The van der Waals surface area contributed by atoms with Crippen LogP contribution in [0, 0.1) is 0 Å². The molecule has 108 valence electrons. The Bertz CT molecular complexity index is 197. The van der Waals surface area contributed by atoms with Gasteiger partial charge in [-0.25, -0.2) is 4.79 Å². The molecule has 0 aromatic carbocycles. The zero-order valence-electron chi connectivity index (χ0n) is 11.9. The lowest BCUT2D eigenvalue weighted by Crippen LogP contribution is -2.31. The number of rotatable bonds is 12. The molecule has 0 fully saturated rings. The lowest BCUT2D eigenvalue weighted by molar-refractivity contribution is 0.248. The molecule has 0 radical (unpaired) electrons. The summed E-state index contributed by atoms with van der Waals surface area (Å²) in [4.78, 5) is 10.4. The Balaban J connectivity index is 3.16. The van der Waals surface area contributed by atoms with Gasteiger partial charge in [0.2, 0.25) is 0 Å². The van der Waals surface area contributed by atoms with Crippen LogP contribution in [0.15, 0.2) is 0 Å². The van der Waals surface area contributed by atoms with E-state index >= 15 is 0 Å². The van der Waals surface area contributed by atoms with Gasteiger partial charge in [0.1, 0.15) is 0 Å². The largest absolute Gasteiger partial charge is 0.352 e. The highest BCUT2D eigenvalue weighted by Gasteiger charge is 2.02. The summed E-state index contributed by atoms with van der Waals surface area (Å²) in [7, 11) is 0. The molecule has 18 heavy (non-hydrogen) atoms. The Kier molecular flexibility index (Phi) is 12.1. The van der Waals surface area contributed by atoms with Crippen LogP contribution in [0.25, 0.3) is 0 Å². The van der Waals surface area contributed by atoms with E-state index in [9.17, 15) is 4.79 Å². The van der Waals surface area contributed by atoms with E-state index in [1.54, 1.807) is 0 Å². The van der Waals surface area contributed by atoms with Gasteiger partial charge in [0.25, 0.3) is 0 Å². The van der Waals surface area contributed by atoms with Crippen molar-refractivity contribution < 1.29 is 4.79 Å². The van der Waals surface area contributed by atoms with Crippen molar-refractivity contribution in [3.8, 4) is 0 Å². The van der Waals surface area contributed by atoms with Gasteiger partial charge in [-0.2, -0.15) is 0 Å². The average Bonchev–Trinajstić information content (AvgIpc) is 2.33. The van der Waals surface area contributed by atoms with E-state index in [0.717, 1.165) is 19.3 Å². The van der Waals surface area contributed by atoms with Crippen molar-refractivity contribution in [2.45, 2.75) is 77.2 Å². The van der Waals surface area contributed by atoms with Crippen molar-refractivity contribution in [3.05, 3.63) is 0 Å². The first kappa shape index (κ1) is 17.2. The topological polar surface area (TPSA) is 81.1 Å². The number of nitrogens with two attached hydrogens (primary N) is 2. The molecule has 0 aliphatic heterocycles. The number of hydrogen-bond acceptors (Lipinski definition) is 2. The molecular weight excluding hydrogens is 226 g/mol. The lowest BCUT2D eigenvalue weighted by Gasteiger charge is -2.11. The minimum atomic E-state index is -0.448. The molecule has 0 rings (SSSR count). The maximum absolute atomic E-state index is 10.4. The van der Waals surface area contributed by atoms with Crippen molar-refractivity contribution in [1.82, 2.24) is 5.32 Å². The summed E-state index contributed by atoms with van der Waals surface area (Å²) in [6.07, 6.45) is 12.3. The number of urea groups is 1. The van der Waals surface area contributed by atoms with Crippen LogP contribution in [-0.4, -0.2) is 18.6 Å². The summed E-state index contributed by atoms with van der Waals surface area (Å²) in [5.41, 5.74) is 11.0. The van der Waals surface area contributed by atoms with Gasteiger partial charge in [0, 0.05) is 12.6 Å². The molecule has 0 bridgehead atoms. The molecule has 0 saturated heterocycles. The van der Waals surface area contributed by atoms with E-state index in [4.69, 9.17) is 11.5 Å². The number of unbranched alkanes of at least 4 members (excludes halogenated alkanes) is 6. The van der Waals surface area contributed by atoms with Crippen LogP contribution in [0.5, 0.6) is 0 Å². The van der Waals surface area contributed by atoms with Crippen molar-refractivity contribution in [2.75, 3.05) is 6.54 Å². The van der Waals surface area contributed by atoms with Crippen LogP contribution >= 0.6 is 0 Å². The molecule has 0 saturated carbocycles. The van der Waals surface area contributed by atoms with Gasteiger partial charge in [-0.1, -0.05) is 51.9 Å². The first-order chi connectivity index (χ1) is 8.66. The SMILES string of the molecule is CCCCCCCCCC(N)CCCNC(N)=O. The summed E-state index contributed by atoms with van der Waals surface area (Å²) in [5.74, 6) is 0. The smallest absolute Gasteiger partial charge is 0.312 e. The molecule has 0 heterocycles. The second kappa shape index (κ2) is 12.7. The monoisotopic (exact) mass is 257 g/mol. The van der Waals surface area contributed by atoms with E-state index in [0.29, 0.717) is 6.54 Å². The third kappa shape index (κ3) is 13.3. The van der Waals surface area contributed by atoms with Crippen molar-refractivity contribution in [2.24, 2.45) is 11.5 Å². The van der Waals surface area contributed by atoms with Gasteiger partial charge in [0.05, 0.1) is 0 Å². The highest BCUT2D eigenvalue weighted by molar-refractivity contribution is 5.71. The molecule has 0 aliphatic carbocycles. The second-order valence-corrected chi connectivity index (χ2v) is 5.10. The highest BCUT2D eigenvalue weighted by Crippen LogP contribution is 2.10. The molecule has 0 aromatic heterocycles. The van der Waals surface area contributed by atoms with Gasteiger partial charge in [0.15, 0.2) is 0 Å². The van der Waals surface area contributed by atoms with E-state index in [2.05, 4.69) is 12.2 Å². The van der Waals surface area contributed by atoms with E-state index < -0.39 is 6.03 Å². The van der Waals surface area contributed by atoms with Crippen LogP contribution in [0.2, 0.25) is 0 Å². The number of amides is 2. The molecule has 1 unspecified atom stereocenters. The molecular formula is C14H31N3O. The lowest BCUT2D eigenvalue weighted by atomic mass is 10.0. The van der Waals surface area contributed by atoms with Crippen molar-refractivity contribution in [1.29, 1.82) is 0 Å². The van der Waals surface area contributed by atoms with Crippen molar-refractivity contribution >= 4 is 6.03 Å². The first-order valence-corrected chi connectivity index (χ1v) is 7.45. The zero-order chi connectivity index (χ0) is 13.6. The Labute approximate surface area is 112 Å². The molecule has 2 amide bonds. The molecule has 0 aliphatic rings. The molecule has 4 nitrogen and oxygen atoms in total. The van der Waals surface area contributed by atoms with E-state index in [1.807, 2.05) is 0 Å². The second-order valence-electron chi connectivity index (χ2n) is 5.10. The van der Waals surface area contributed by atoms with Crippen LogP contribution in [0.4, 0.5) is 4.79 Å². The van der Waals surface area contributed by atoms with Gasteiger partial charge in [-0.3, -0.25) is 0 Å². The minimum absolute atomic E-state index is 0.273. The fraction of sp³-hybridized carbons (Fsp3) is 0.929. The van der Waals surface area contributed by atoms with Crippen LogP contribution < -0.4 is 16.8 Å². The third-order valence-corrected chi connectivity index (χ3v) is 3.23. The Morgan fingerprint density at radius 1 is 1.00 bits per heavy atom. The Morgan fingerprint density at radius 3 is 2.17 bits per heavy atom. The molecule has 1 atom stereocenters. The predicted octanol–water partition coefficient (Wildman–Crippen LogP) is 2.90. The number of hydrogen-bond donors (Lipinski definition) is 3. The standard InChI is InChI=1S/C14H31N3O/c1-2-3-4-5-6-7-8-10-13(15)11-9-12-17-14(16)18/h13H,2-12,15H2,1H3,(H3,16,17,18). The Hall–Kier alpha value is -0.770. The zero-order valence-corrected chi connectivity index (χ0v) is 11.9.